The predicted molar refractivity (Wildman–Crippen MR) is 123 cm³/mol. The van der Waals surface area contributed by atoms with Gasteiger partial charge in [-0.25, -0.2) is 24.1 Å². The largest absolute Gasteiger partial charge is 0.443 e. The predicted octanol–water partition coefficient (Wildman–Crippen LogP) is 2.76. The lowest BCUT2D eigenvalue weighted by atomic mass is 10.1. The van der Waals surface area contributed by atoms with E-state index in [4.69, 9.17) is 20.6 Å². The van der Waals surface area contributed by atoms with Gasteiger partial charge in [0.05, 0.1) is 13.1 Å². The fourth-order valence-corrected chi connectivity index (χ4v) is 3.57. The topological polar surface area (TPSA) is 159 Å². The first kappa shape index (κ1) is 21.9. The van der Waals surface area contributed by atoms with Crippen LogP contribution >= 0.6 is 0 Å². The zero-order valence-electron chi connectivity index (χ0n) is 18.3. The molecule has 4 heterocycles. The molecular weight excluding hydrogens is 455 g/mol. The zero-order chi connectivity index (χ0) is 24.4. The van der Waals surface area contributed by atoms with E-state index in [2.05, 4.69) is 24.9 Å². The number of halogens is 1. The number of hydrogen-bond acceptors (Lipinski definition) is 8. The molecule has 11 nitrogen and oxygen atoms in total. The number of fused-ring (bicyclic) bond motifs is 1. The molecule has 0 spiro atoms. The lowest BCUT2D eigenvalue weighted by Crippen LogP contribution is -2.24. The number of amides is 1. The Bertz CT molecular complexity index is 1380. The third kappa shape index (κ3) is 4.62. The lowest BCUT2D eigenvalue weighted by molar-refractivity contribution is 0.149. The summed E-state index contributed by atoms with van der Waals surface area (Å²) in [5.74, 6) is 0.672. The minimum absolute atomic E-state index is 0.0226. The molecule has 3 aromatic heterocycles. The quantitative estimate of drug-likeness (QED) is 0.325. The summed E-state index contributed by atoms with van der Waals surface area (Å²) < 4.78 is 25.7. The molecule has 1 aliphatic heterocycles. The van der Waals surface area contributed by atoms with Gasteiger partial charge in [0.15, 0.2) is 11.8 Å². The van der Waals surface area contributed by atoms with E-state index in [1.807, 2.05) is 35.2 Å². The third-order valence-electron chi connectivity index (χ3n) is 5.21. The van der Waals surface area contributed by atoms with Crippen molar-refractivity contribution in [1.82, 2.24) is 19.9 Å². The van der Waals surface area contributed by atoms with Crippen LogP contribution in [0.2, 0.25) is 0 Å². The molecule has 1 aromatic carbocycles. The molecule has 176 valence electrons. The molecule has 0 atom stereocenters. The Morgan fingerprint density at radius 1 is 1.09 bits per heavy atom. The van der Waals surface area contributed by atoms with Gasteiger partial charge in [0.1, 0.15) is 23.8 Å². The molecule has 1 aliphatic rings. The van der Waals surface area contributed by atoms with E-state index >= 15 is 0 Å². The lowest BCUT2D eigenvalue weighted by Gasteiger charge is -2.15. The minimum atomic E-state index is -1.02. The molecule has 0 saturated carbocycles. The van der Waals surface area contributed by atoms with E-state index in [0.29, 0.717) is 30.5 Å². The Hall–Kier alpha value is -4.87. The third-order valence-corrected chi connectivity index (χ3v) is 5.21. The van der Waals surface area contributed by atoms with Crippen molar-refractivity contribution in [2.45, 2.75) is 19.7 Å². The SMILES string of the molecule is NC(N)=NC(=O)OCc1ccnc(-c2cnc(N3Cc4nc(-c5ccccc5)oc4C3)nc2)c1F. The number of oxazole rings is 1. The van der Waals surface area contributed by atoms with Gasteiger partial charge in [0.2, 0.25) is 11.8 Å². The number of nitrogens with two attached hydrogens (primary N) is 2. The summed E-state index contributed by atoms with van der Waals surface area (Å²) in [7, 11) is 0. The summed E-state index contributed by atoms with van der Waals surface area (Å²) in [4.78, 5) is 34.0. The molecule has 0 aliphatic carbocycles. The van der Waals surface area contributed by atoms with Gasteiger partial charge in [0.25, 0.3) is 0 Å². The van der Waals surface area contributed by atoms with Crippen LogP contribution < -0.4 is 16.4 Å². The summed E-state index contributed by atoms with van der Waals surface area (Å²) in [6, 6.07) is 11.1. The van der Waals surface area contributed by atoms with Gasteiger partial charge < -0.3 is 25.5 Å². The Kier molecular flexibility index (Phi) is 5.75. The second-order valence-electron chi connectivity index (χ2n) is 7.61. The van der Waals surface area contributed by atoms with Crippen LogP contribution in [0.15, 0.2) is 64.4 Å². The van der Waals surface area contributed by atoms with E-state index in [9.17, 15) is 9.18 Å². The first-order valence-electron chi connectivity index (χ1n) is 10.5. The summed E-state index contributed by atoms with van der Waals surface area (Å²) in [5.41, 5.74) is 12.5. The molecule has 4 aromatic rings. The molecule has 1 amide bonds. The van der Waals surface area contributed by atoms with Crippen LogP contribution in [-0.4, -0.2) is 32.0 Å². The summed E-state index contributed by atoms with van der Waals surface area (Å²) >= 11 is 0. The van der Waals surface area contributed by atoms with Crippen LogP contribution in [-0.2, 0) is 24.4 Å². The fourth-order valence-electron chi connectivity index (χ4n) is 3.57. The molecular formula is C23H19FN8O3. The maximum absolute atomic E-state index is 15.0. The van der Waals surface area contributed by atoms with Gasteiger partial charge in [-0.2, -0.15) is 0 Å². The molecule has 0 fully saturated rings. The average molecular weight is 474 g/mol. The van der Waals surface area contributed by atoms with E-state index in [-0.39, 0.29) is 17.9 Å². The smallest absolute Gasteiger partial charge is 0.437 e. The monoisotopic (exact) mass is 474 g/mol. The van der Waals surface area contributed by atoms with Crippen LogP contribution in [0.5, 0.6) is 0 Å². The van der Waals surface area contributed by atoms with Crippen LogP contribution in [0, 0.1) is 5.82 Å². The van der Waals surface area contributed by atoms with Gasteiger partial charge in [-0.1, -0.05) is 18.2 Å². The van der Waals surface area contributed by atoms with Crippen LogP contribution in [0.1, 0.15) is 17.0 Å². The highest BCUT2D eigenvalue weighted by molar-refractivity contribution is 5.87. The molecule has 12 heteroatoms. The second kappa shape index (κ2) is 9.17. The standard InChI is InChI=1S/C23H19FN8O3/c24-18-14(12-34-23(33)31-21(25)26)6-7-27-19(18)15-8-28-22(29-9-15)32-10-16-17(11-32)35-20(30-16)13-4-2-1-3-5-13/h1-9H,10-12H2,(H4,25,26,31,33). The minimum Gasteiger partial charge on any atom is -0.443 e. The number of carbonyl (C=O) groups excluding carboxylic acids is 1. The summed E-state index contributed by atoms with van der Waals surface area (Å²) in [6.07, 6.45) is 3.33. The first-order chi connectivity index (χ1) is 17.0. The van der Waals surface area contributed by atoms with E-state index < -0.39 is 17.9 Å². The molecule has 0 saturated heterocycles. The fraction of sp³-hybridized carbons (Fsp3) is 0.130. The number of hydrogen-bond donors (Lipinski definition) is 2. The molecule has 5 rings (SSSR count). The van der Waals surface area contributed by atoms with E-state index in [1.54, 1.807) is 0 Å². The highest BCUT2D eigenvalue weighted by Gasteiger charge is 2.27. The molecule has 35 heavy (non-hydrogen) atoms. The van der Waals surface area contributed by atoms with Crippen molar-refractivity contribution >= 4 is 18.0 Å². The number of carbonyl (C=O) groups is 1. The second-order valence-corrected chi connectivity index (χ2v) is 7.61. The van der Waals surface area contributed by atoms with Crippen molar-refractivity contribution in [3.63, 3.8) is 0 Å². The number of aliphatic imine (C=N–C) groups is 1. The van der Waals surface area contributed by atoms with Crippen LogP contribution in [0.4, 0.5) is 15.1 Å². The normalized spacial score (nSPS) is 12.3. The Balaban J connectivity index is 1.28. The number of ether oxygens (including phenoxy) is 1. The van der Waals surface area contributed by atoms with Gasteiger partial charge in [-0.05, 0) is 18.2 Å². The van der Waals surface area contributed by atoms with Crippen molar-refractivity contribution in [3.05, 3.63) is 77.8 Å². The number of benzene rings is 1. The average Bonchev–Trinajstić information content (AvgIpc) is 3.44. The van der Waals surface area contributed by atoms with Crippen molar-refractivity contribution in [2.24, 2.45) is 16.5 Å². The highest BCUT2D eigenvalue weighted by Crippen LogP contribution is 2.31. The van der Waals surface area contributed by atoms with Gasteiger partial charge in [-0.15, -0.1) is 4.99 Å². The van der Waals surface area contributed by atoms with Crippen molar-refractivity contribution in [1.29, 1.82) is 0 Å². The molecule has 4 N–H and O–H groups in total. The van der Waals surface area contributed by atoms with Crippen molar-refractivity contribution in [3.8, 4) is 22.7 Å². The first-order valence-corrected chi connectivity index (χ1v) is 10.5. The number of aromatic nitrogens is 4. The number of anilines is 1. The number of guanidine groups is 1. The van der Waals surface area contributed by atoms with Crippen LogP contribution in [0.3, 0.4) is 0 Å². The molecule has 0 radical (unpaired) electrons. The van der Waals surface area contributed by atoms with Gasteiger partial charge in [0, 0.05) is 35.3 Å². The number of rotatable bonds is 5. The summed E-state index contributed by atoms with van der Waals surface area (Å²) in [6.45, 7) is 0.596. The van der Waals surface area contributed by atoms with Gasteiger partial charge in [-0.3, -0.25) is 4.98 Å². The Morgan fingerprint density at radius 3 is 2.57 bits per heavy atom. The van der Waals surface area contributed by atoms with Gasteiger partial charge >= 0.3 is 6.09 Å². The van der Waals surface area contributed by atoms with Crippen LogP contribution in [0.25, 0.3) is 22.7 Å². The number of nitrogens with zero attached hydrogens (tertiary/aromatic N) is 6. The Labute approximate surface area is 198 Å². The van der Waals surface area contributed by atoms with Crippen molar-refractivity contribution in [2.75, 3.05) is 4.90 Å². The zero-order valence-corrected chi connectivity index (χ0v) is 18.3. The molecule has 0 unspecified atom stereocenters. The van der Waals surface area contributed by atoms with E-state index in [1.165, 1.54) is 24.7 Å². The van der Waals surface area contributed by atoms with E-state index in [0.717, 1.165) is 17.0 Å². The maximum Gasteiger partial charge on any atom is 0.437 e. The Morgan fingerprint density at radius 2 is 1.86 bits per heavy atom. The summed E-state index contributed by atoms with van der Waals surface area (Å²) in [5, 5.41) is 0. The molecule has 0 bridgehead atoms. The highest BCUT2D eigenvalue weighted by atomic mass is 19.1. The van der Waals surface area contributed by atoms with Crippen molar-refractivity contribution < 1.29 is 18.3 Å². The number of pyridine rings is 1. The maximum atomic E-state index is 15.0.